The Kier molecular flexibility index (Phi) is 8.33. The third-order valence-corrected chi connectivity index (χ3v) is 1.71. The molecule has 0 heterocycles. The highest BCUT2D eigenvalue weighted by Gasteiger charge is 2.07. The van der Waals surface area contributed by atoms with Gasteiger partial charge in [0.1, 0.15) is 0 Å². The van der Waals surface area contributed by atoms with Gasteiger partial charge in [-0.05, 0) is 26.7 Å². The van der Waals surface area contributed by atoms with Gasteiger partial charge in [-0.2, -0.15) is 0 Å². The zero-order valence-electron chi connectivity index (χ0n) is 11.4. The summed E-state index contributed by atoms with van der Waals surface area (Å²) in [5.41, 5.74) is -0.0535. The Morgan fingerprint density at radius 3 is 2.06 bits per heavy atom. The van der Waals surface area contributed by atoms with Gasteiger partial charge in [0.15, 0.2) is 0 Å². The molecule has 0 aromatic carbocycles. The summed E-state index contributed by atoms with van der Waals surface area (Å²) < 4.78 is 11.0. The maximum Gasteiger partial charge on any atom is 0.0598 e. The Balaban J connectivity index is 3.29. The summed E-state index contributed by atoms with van der Waals surface area (Å²) in [6, 6.07) is 0. The molecule has 0 amide bonds. The van der Waals surface area contributed by atoms with Gasteiger partial charge in [0.05, 0.1) is 18.8 Å². The van der Waals surface area contributed by atoms with Crippen molar-refractivity contribution in [3.05, 3.63) is 0 Å². The minimum absolute atomic E-state index is 0.0535. The molecule has 0 aromatic heterocycles. The molecule has 0 aliphatic rings. The van der Waals surface area contributed by atoms with E-state index in [-0.39, 0.29) is 5.60 Å². The van der Waals surface area contributed by atoms with Crippen LogP contribution < -0.4 is 0 Å². The van der Waals surface area contributed by atoms with Crippen LogP contribution in [0.3, 0.4) is 0 Å². The van der Waals surface area contributed by atoms with E-state index in [4.69, 9.17) is 9.47 Å². The Morgan fingerprint density at radius 1 is 1.00 bits per heavy atom. The predicted molar refractivity (Wildman–Crippen MR) is 68.4 cm³/mol. The van der Waals surface area contributed by atoms with Crippen molar-refractivity contribution in [3.63, 3.8) is 0 Å². The molecule has 0 atom stereocenters. The quantitative estimate of drug-likeness (QED) is 0.511. The van der Waals surface area contributed by atoms with E-state index < -0.39 is 0 Å². The predicted octanol–water partition coefficient (Wildman–Crippen LogP) is 3.26. The van der Waals surface area contributed by atoms with Crippen molar-refractivity contribution in [1.29, 1.82) is 0 Å². The van der Waals surface area contributed by atoms with E-state index in [2.05, 4.69) is 46.5 Å². The van der Waals surface area contributed by atoms with Gasteiger partial charge >= 0.3 is 0 Å². The molecule has 94 valence electrons. The average Bonchev–Trinajstić information content (AvgIpc) is 2.13. The lowest BCUT2D eigenvalue weighted by atomic mass is 10.2. The van der Waals surface area contributed by atoms with Crippen LogP contribution in [0.5, 0.6) is 0 Å². The molecule has 0 saturated carbocycles. The van der Waals surface area contributed by atoms with Crippen LogP contribution in [-0.2, 0) is 9.47 Å². The molecule has 0 N–H and O–H groups in total. The van der Waals surface area contributed by atoms with Gasteiger partial charge in [-0.25, -0.2) is 0 Å². The molecule has 2 nitrogen and oxygen atoms in total. The van der Waals surface area contributed by atoms with Gasteiger partial charge in [0.25, 0.3) is 0 Å². The molecule has 0 aliphatic heterocycles. The molecular formula is C14H26O2. The summed E-state index contributed by atoms with van der Waals surface area (Å²) in [5, 5.41) is 0. The fraction of sp³-hybridized carbons (Fsp3) is 0.857. The summed E-state index contributed by atoms with van der Waals surface area (Å²) >= 11 is 0. The third-order valence-electron chi connectivity index (χ3n) is 1.71. The second kappa shape index (κ2) is 8.61. The minimum Gasteiger partial charge on any atom is -0.380 e. The highest BCUT2D eigenvalue weighted by molar-refractivity contribution is 4.98. The molecule has 0 fully saturated rings. The van der Waals surface area contributed by atoms with Crippen molar-refractivity contribution in [3.8, 4) is 11.8 Å². The molecule has 0 radical (unpaired) electrons. The molecule has 0 rings (SSSR count). The lowest BCUT2D eigenvalue weighted by Crippen LogP contribution is -2.19. The largest absolute Gasteiger partial charge is 0.380 e. The van der Waals surface area contributed by atoms with E-state index in [1.807, 2.05) is 0 Å². The first-order chi connectivity index (χ1) is 7.42. The molecule has 16 heavy (non-hydrogen) atoms. The second-order valence-electron chi connectivity index (χ2n) is 5.28. The van der Waals surface area contributed by atoms with Gasteiger partial charge in [0.2, 0.25) is 0 Å². The number of hydrogen-bond acceptors (Lipinski definition) is 2. The van der Waals surface area contributed by atoms with Crippen molar-refractivity contribution < 1.29 is 9.47 Å². The van der Waals surface area contributed by atoms with Crippen LogP contribution in [0.15, 0.2) is 0 Å². The van der Waals surface area contributed by atoms with E-state index >= 15 is 0 Å². The average molecular weight is 226 g/mol. The van der Waals surface area contributed by atoms with Crippen molar-refractivity contribution in [1.82, 2.24) is 0 Å². The van der Waals surface area contributed by atoms with Crippen LogP contribution >= 0.6 is 0 Å². The minimum atomic E-state index is -0.0535. The van der Waals surface area contributed by atoms with Crippen molar-refractivity contribution in [2.24, 2.45) is 5.92 Å². The van der Waals surface area contributed by atoms with E-state index in [0.717, 1.165) is 26.1 Å². The zero-order valence-corrected chi connectivity index (χ0v) is 11.4. The van der Waals surface area contributed by atoms with E-state index in [0.29, 0.717) is 12.5 Å². The summed E-state index contributed by atoms with van der Waals surface area (Å²) in [4.78, 5) is 0. The fourth-order valence-corrected chi connectivity index (χ4v) is 1.03. The molecule has 2 heteroatoms. The van der Waals surface area contributed by atoms with Crippen LogP contribution in [0.4, 0.5) is 0 Å². The van der Waals surface area contributed by atoms with Crippen LogP contribution in [0, 0.1) is 17.8 Å². The molecule has 0 saturated heterocycles. The molecule has 0 aromatic rings. The van der Waals surface area contributed by atoms with Gasteiger partial charge in [0, 0.05) is 19.4 Å². The van der Waals surface area contributed by atoms with Gasteiger partial charge in [-0.3, -0.25) is 0 Å². The molecule has 0 spiro atoms. The zero-order chi connectivity index (χ0) is 12.4. The SMILES string of the molecule is CC(C)COCCC#CCCOC(C)(C)C. The number of rotatable bonds is 6. The van der Waals surface area contributed by atoms with E-state index in [9.17, 15) is 0 Å². The molecular weight excluding hydrogens is 200 g/mol. The summed E-state index contributed by atoms with van der Waals surface area (Å²) in [7, 11) is 0. The molecule has 0 aliphatic carbocycles. The Bertz CT molecular complexity index is 215. The van der Waals surface area contributed by atoms with Gasteiger partial charge in [-0.1, -0.05) is 13.8 Å². The summed E-state index contributed by atoms with van der Waals surface area (Å²) in [6.45, 7) is 12.7. The molecule has 0 unspecified atom stereocenters. The van der Waals surface area contributed by atoms with Crippen LogP contribution in [0.25, 0.3) is 0 Å². The Labute approximate surface area is 101 Å². The van der Waals surface area contributed by atoms with Crippen LogP contribution in [-0.4, -0.2) is 25.4 Å². The number of hydrogen-bond donors (Lipinski definition) is 0. The standard InChI is InChI=1S/C14H26O2/c1-13(2)12-15-10-8-6-7-9-11-16-14(3,4)5/h13H,8-12H2,1-5H3. The maximum atomic E-state index is 5.55. The fourth-order valence-electron chi connectivity index (χ4n) is 1.03. The highest BCUT2D eigenvalue weighted by atomic mass is 16.5. The maximum absolute atomic E-state index is 5.55. The first-order valence-electron chi connectivity index (χ1n) is 6.09. The molecule has 0 bridgehead atoms. The van der Waals surface area contributed by atoms with Crippen molar-refractivity contribution in [2.45, 2.75) is 53.1 Å². The van der Waals surface area contributed by atoms with Gasteiger partial charge in [-0.15, -0.1) is 11.8 Å². The van der Waals surface area contributed by atoms with Crippen molar-refractivity contribution >= 4 is 0 Å². The lowest BCUT2D eigenvalue weighted by Gasteiger charge is -2.18. The Morgan fingerprint density at radius 2 is 1.56 bits per heavy atom. The first-order valence-corrected chi connectivity index (χ1v) is 6.09. The normalized spacial score (nSPS) is 11.4. The summed E-state index contributed by atoms with van der Waals surface area (Å²) in [6.07, 6.45) is 1.63. The lowest BCUT2D eigenvalue weighted by molar-refractivity contribution is 0.000586. The van der Waals surface area contributed by atoms with Crippen LogP contribution in [0.1, 0.15) is 47.5 Å². The first kappa shape index (κ1) is 15.5. The third kappa shape index (κ3) is 13.5. The topological polar surface area (TPSA) is 18.5 Å². The van der Waals surface area contributed by atoms with Gasteiger partial charge < -0.3 is 9.47 Å². The monoisotopic (exact) mass is 226 g/mol. The second-order valence-corrected chi connectivity index (χ2v) is 5.28. The van der Waals surface area contributed by atoms with E-state index in [1.165, 1.54) is 0 Å². The summed E-state index contributed by atoms with van der Waals surface area (Å²) in [5.74, 6) is 6.79. The Hall–Kier alpha value is -0.520. The van der Waals surface area contributed by atoms with Crippen LogP contribution in [0.2, 0.25) is 0 Å². The van der Waals surface area contributed by atoms with E-state index in [1.54, 1.807) is 0 Å². The highest BCUT2D eigenvalue weighted by Crippen LogP contribution is 2.06. The smallest absolute Gasteiger partial charge is 0.0598 e. The number of ether oxygens (including phenoxy) is 2. The van der Waals surface area contributed by atoms with Crippen molar-refractivity contribution in [2.75, 3.05) is 19.8 Å².